The monoisotopic (exact) mass is 443 g/mol. The van der Waals surface area contributed by atoms with Gasteiger partial charge in [-0.25, -0.2) is 0 Å². The maximum Gasteiger partial charge on any atom is 0.260 e. The van der Waals surface area contributed by atoms with Crippen molar-refractivity contribution in [3.8, 4) is 5.75 Å². The smallest absolute Gasteiger partial charge is 0.260 e. The lowest BCUT2D eigenvalue weighted by Gasteiger charge is -2.35. The van der Waals surface area contributed by atoms with E-state index in [1.165, 1.54) is 11.1 Å². The van der Waals surface area contributed by atoms with E-state index in [-0.39, 0.29) is 12.5 Å². The molecule has 2 heterocycles. The number of aryl methyl sites for hydroxylation is 1. The van der Waals surface area contributed by atoms with Crippen molar-refractivity contribution < 1.29 is 9.53 Å². The van der Waals surface area contributed by atoms with Gasteiger partial charge in [0.25, 0.3) is 5.91 Å². The number of pyridine rings is 1. The highest BCUT2D eigenvalue weighted by Crippen LogP contribution is 2.22. The fourth-order valence-electron chi connectivity index (χ4n) is 4.39. The van der Waals surface area contributed by atoms with Gasteiger partial charge in [-0.1, -0.05) is 48.5 Å². The molecule has 1 saturated heterocycles. The number of rotatable bonds is 9. The quantitative estimate of drug-likeness (QED) is 0.481. The molecule has 2 aromatic carbocycles. The van der Waals surface area contributed by atoms with Gasteiger partial charge in [0.2, 0.25) is 0 Å². The van der Waals surface area contributed by atoms with E-state index in [9.17, 15) is 4.79 Å². The molecule has 0 N–H and O–H groups in total. The Morgan fingerprint density at radius 1 is 1.03 bits per heavy atom. The van der Waals surface area contributed by atoms with Gasteiger partial charge in [0.05, 0.1) is 0 Å². The Morgan fingerprint density at radius 3 is 2.52 bits per heavy atom. The first-order valence-electron chi connectivity index (χ1n) is 11.8. The zero-order chi connectivity index (χ0) is 22.9. The second-order valence-electron chi connectivity index (χ2n) is 8.88. The molecule has 5 nitrogen and oxygen atoms in total. The molecule has 1 fully saturated rings. The molecule has 0 radical (unpaired) electrons. The highest BCUT2D eigenvalue weighted by Gasteiger charge is 2.24. The van der Waals surface area contributed by atoms with E-state index in [2.05, 4.69) is 41.1 Å². The molecule has 0 bridgehead atoms. The number of benzene rings is 2. The average molecular weight is 444 g/mol. The molecule has 1 aromatic heterocycles. The Morgan fingerprint density at radius 2 is 1.79 bits per heavy atom. The molecule has 33 heavy (non-hydrogen) atoms. The lowest BCUT2D eigenvalue weighted by Crippen LogP contribution is -2.42. The lowest BCUT2D eigenvalue weighted by molar-refractivity contribution is -0.135. The Kier molecular flexibility index (Phi) is 8.09. The van der Waals surface area contributed by atoms with Gasteiger partial charge in [0, 0.05) is 32.0 Å². The van der Waals surface area contributed by atoms with Crippen molar-refractivity contribution in [3.63, 3.8) is 0 Å². The molecule has 4 rings (SSSR count). The number of piperidine rings is 1. The predicted molar refractivity (Wildman–Crippen MR) is 131 cm³/mol. The molecular formula is C28H33N3O2. The van der Waals surface area contributed by atoms with Gasteiger partial charge in [-0.3, -0.25) is 14.7 Å². The van der Waals surface area contributed by atoms with E-state index in [4.69, 9.17) is 4.74 Å². The number of para-hydroxylation sites is 1. The largest absolute Gasteiger partial charge is 0.484 e. The molecular weight excluding hydrogens is 410 g/mol. The van der Waals surface area contributed by atoms with Gasteiger partial charge in [0.15, 0.2) is 6.61 Å². The van der Waals surface area contributed by atoms with Gasteiger partial charge in [0.1, 0.15) is 5.75 Å². The normalized spacial score (nSPS) is 14.7. The van der Waals surface area contributed by atoms with Gasteiger partial charge in [-0.05, 0) is 73.7 Å². The summed E-state index contributed by atoms with van der Waals surface area (Å²) in [5.41, 5.74) is 3.80. The summed E-state index contributed by atoms with van der Waals surface area (Å²) in [6.07, 6.45) is 5.80. The van der Waals surface area contributed by atoms with Crippen LogP contribution < -0.4 is 4.74 Å². The molecule has 0 unspecified atom stereocenters. The molecule has 0 spiro atoms. The summed E-state index contributed by atoms with van der Waals surface area (Å²) in [7, 11) is 0. The summed E-state index contributed by atoms with van der Waals surface area (Å²) >= 11 is 0. The van der Waals surface area contributed by atoms with Gasteiger partial charge in [-0.15, -0.1) is 0 Å². The first-order valence-corrected chi connectivity index (χ1v) is 11.8. The van der Waals surface area contributed by atoms with E-state index in [0.717, 1.165) is 50.3 Å². The van der Waals surface area contributed by atoms with Crippen LogP contribution in [-0.4, -0.2) is 46.9 Å². The van der Waals surface area contributed by atoms with Gasteiger partial charge in [-0.2, -0.15) is 0 Å². The van der Waals surface area contributed by atoms with Crippen molar-refractivity contribution in [1.29, 1.82) is 0 Å². The molecule has 172 valence electrons. The third-order valence-electron chi connectivity index (χ3n) is 6.40. The van der Waals surface area contributed by atoms with E-state index < -0.39 is 0 Å². The van der Waals surface area contributed by atoms with Crippen molar-refractivity contribution in [2.24, 2.45) is 5.92 Å². The average Bonchev–Trinajstić information content (AvgIpc) is 2.86. The molecule has 3 aromatic rings. The van der Waals surface area contributed by atoms with Gasteiger partial charge < -0.3 is 9.64 Å². The van der Waals surface area contributed by atoms with Crippen molar-refractivity contribution in [1.82, 2.24) is 14.8 Å². The Labute approximate surface area is 197 Å². The summed E-state index contributed by atoms with van der Waals surface area (Å²) in [4.78, 5) is 21.8. The molecule has 1 aliphatic heterocycles. The predicted octanol–water partition coefficient (Wildman–Crippen LogP) is 4.71. The number of nitrogens with zero attached hydrogens (tertiary/aromatic N) is 3. The van der Waals surface area contributed by atoms with Crippen molar-refractivity contribution >= 4 is 5.91 Å². The lowest BCUT2D eigenvalue weighted by atomic mass is 9.95. The third-order valence-corrected chi connectivity index (χ3v) is 6.40. The van der Waals surface area contributed by atoms with E-state index in [1.807, 2.05) is 53.6 Å². The first-order chi connectivity index (χ1) is 16.2. The topological polar surface area (TPSA) is 45.7 Å². The van der Waals surface area contributed by atoms with E-state index in [0.29, 0.717) is 12.5 Å². The van der Waals surface area contributed by atoms with Crippen LogP contribution in [0.4, 0.5) is 0 Å². The van der Waals surface area contributed by atoms with Crippen LogP contribution in [0.25, 0.3) is 0 Å². The summed E-state index contributed by atoms with van der Waals surface area (Å²) < 4.78 is 5.76. The summed E-state index contributed by atoms with van der Waals surface area (Å²) in [6.45, 7) is 6.68. The number of hydrogen-bond acceptors (Lipinski definition) is 4. The Hall–Kier alpha value is -3.18. The fourth-order valence-corrected chi connectivity index (χ4v) is 4.39. The highest BCUT2D eigenvalue weighted by atomic mass is 16.5. The standard InChI is InChI=1S/C28H33N3O2/c1-23-8-5-6-10-26(23)21-30-16-13-24(14-17-30)19-31(20-25-9-7-15-29-18-25)28(32)22-33-27-11-3-2-4-12-27/h2-12,15,18,24H,13-14,16-17,19-22H2,1H3. The van der Waals surface area contributed by atoms with E-state index >= 15 is 0 Å². The number of hydrogen-bond donors (Lipinski definition) is 0. The number of amides is 1. The Bertz CT molecular complexity index is 1000. The number of ether oxygens (including phenoxy) is 1. The van der Waals surface area contributed by atoms with Crippen LogP contribution in [0.15, 0.2) is 79.1 Å². The van der Waals surface area contributed by atoms with Crippen molar-refractivity contribution in [3.05, 3.63) is 95.8 Å². The number of likely N-dealkylation sites (tertiary alicyclic amines) is 1. The molecule has 0 atom stereocenters. The molecule has 5 heteroatoms. The minimum absolute atomic E-state index is 0.0186. The molecule has 0 aliphatic carbocycles. The highest BCUT2D eigenvalue weighted by molar-refractivity contribution is 5.77. The number of carbonyl (C=O) groups excluding carboxylic acids is 1. The van der Waals surface area contributed by atoms with Crippen LogP contribution in [0.2, 0.25) is 0 Å². The fraction of sp³-hybridized carbons (Fsp3) is 0.357. The van der Waals surface area contributed by atoms with Crippen molar-refractivity contribution in [2.45, 2.75) is 32.9 Å². The zero-order valence-corrected chi connectivity index (χ0v) is 19.4. The minimum atomic E-state index is 0.0186. The van der Waals surface area contributed by atoms with Gasteiger partial charge >= 0.3 is 0 Å². The Balaban J connectivity index is 1.33. The third kappa shape index (κ3) is 6.90. The minimum Gasteiger partial charge on any atom is -0.484 e. The number of carbonyl (C=O) groups is 1. The first kappa shape index (κ1) is 23.0. The van der Waals surface area contributed by atoms with Crippen LogP contribution in [0, 0.1) is 12.8 Å². The SMILES string of the molecule is Cc1ccccc1CN1CCC(CN(Cc2cccnc2)C(=O)COc2ccccc2)CC1. The summed E-state index contributed by atoms with van der Waals surface area (Å²) in [5, 5.41) is 0. The van der Waals surface area contributed by atoms with Crippen LogP contribution in [0.5, 0.6) is 5.75 Å². The second-order valence-corrected chi connectivity index (χ2v) is 8.88. The maximum absolute atomic E-state index is 13.1. The van der Waals surface area contributed by atoms with E-state index in [1.54, 1.807) is 6.20 Å². The maximum atomic E-state index is 13.1. The summed E-state index contributed by atoms with van der Waals surface area (Å²) in [5.74, 6) is 1.23. The molecule has 0 saturated carbocycles. The zero-order valence-electron chi connectivity index (χ0n) is 19.4. The van der Waals surface area contributed by atoms with Crippen LogP contribution >= 0.6 is 0 Å². The number of aromatic nitrogens is 1. The van der Waals surface area contributed by atoms with Crippen LogP contribution in [-0.2, 0) is 17.9 Å². The van der Waals surface area contributed by atoms with Crippen molar-refractivity contribution in [2.75, 3.05) is 26.2 Å². The van der Waals surface area contributed by atoms with Crippen LogP contribution in [0.3, 0.4) is 0 Å². The van der Waals surface area contributed by atoms with Crippen LogP contribution in [0.1, 0.15) is 29.5 Å². The second kappa shape index (κ2) is 11.6. The molecule has 1 amide bonds. The molecule has 1 aliphatic rings. The summed E-state index contributed by atoms with van der Waals surface area (Å²) in [6, 6.07) is 22.1.